The maximum atomic E-state index is 11.6. The first-order chi connectivity index (χ1) is 10.8. The van der Waals surface area contributed by atoms with Crippen LogP contribution in [-0.2, 0) is 14.3 Å². The molecule has 0 aromatic rings. The lowest BCUT2D eigenvalue weighted by Crippen LogP contribution is -2.35. The van der Waals surface area contributed by atoms with Gasteiger partial charge in [-0.05, 0) is 46.7 Å². The molecule has 6 heteroatoms. The van der Waals surface area contributed by atoms with Crippen molar-refractivity contribution in [1.82, 2.24) is 10.2 Å². The Morgan fingerprint density at radius 3 is 2.26 bits per heavy atom. The fourth-order valence-electron chi connectivity index (χ4n) is 2.08. The quantitative estimate of drug-likeness (QED) is 0.466. The van der Waals surface area contributed by atoms with Crippen LogP contribution in [0.2, 0.25) is 0 Å². The molecule has 1 N–H and O–H groups in total. The molecule has 0 atom stereocenters. The summed E-state index contributed by atoms with van der Waals surface area (Å²) in [6.45, 7) is 10.8. The van der Waals surface area contributed by atoms with Crippen LogP contribution < -0.4 is 5.32 Å². The molecule has 0 saturated carbocycles. The third-order valence-electron chi connectivity index (χ3n) is 3.26. The lowest BCUT2D eigenvalue weighted by atomic mass is 10.2. The molecule has 0 rings (SSSR count). The van der Waals surface area contributed by atoms with E-state index in [1.807, 2.05) is 20.8 Å². The molecule has 0 spiro atoms. The van der Waals surface area contributed by atoms with Gasteiger partial charge in [-0.2, -0.15) is 0 Å². The average Bonchev–Trinajstić information content (AvgIpc) is 2.46. The molecule has 0 aliphatic carbocycles. The van der Waals surface area contributed by atoms with Crippen molar-refractivity contribution < 1.29 is 19.1 Å². The zero-order valence-electron chi connectivity index (χ0n) is 15.4. The Morgan fingerprint density at radius 1 is 1.04 bits per heavy atom. The predicted octanol–water partition coefficient (Wildman–Crippen LogP) is 2.96. The number of nitrogens with one attached hydrogen (secondary N) is 1. The van der Waals surface area contributed by atoms with E-state index >= 15 is 0 Å². The van der Waals surface area contributed by atoms with E-state index in [9.17, 15) is 9.59 Å². The topological polar surface area (TPSA) is 67.9 Å². The van der Waals surface area contributed by atoms with E-state index in [2.05, 4.69) is 17.1 Å². The van der Waals surface area contributed by atoms with Gasteiger partial charge < -0.3 is 19.7 Å². The van der Waals surface area contributed by atoms with Gasteiger partial charge in [0.05, 0.1) is 13.5 Å². The summed E-state index contributed by atoms with van der Waals surface area (Å²) >= 11 is 0. The first kappa shape index (κ1) is 21.7. The molecule has 0 aromatic heterocycles. The van der Waals surface area contributed by atoms with Crippen LogP contribution in [0.5, 0.6) is 0 Å². The van der Waals surface area contributed by atoms with Crippen LogP contribution in [0.3, 0.4) is 0 Å². The van der Waals surface area contributed by atoms with Crippen LogP contribution in [0.25, 0.3) is 0 Å². The summed E-state index contributed by atoms with van der Waals surface area (Å²) in [5.74, 6) is -0.183. The van der Waals surface area contributed by atoms with Crippen molar-refractivity contribution in [2.45, 2.75) is 65.4 Å². The summed E-state index contributed by atoms with van der Waals surface area (Å²) in [4.78, 5) is 25.1. The van der Waals surface area contributed by atoms with Gasteiger partial charge in [-0.15, -0.1) is 0 Å². The van der Waals surface area contributed by atoms with E-state index in [1.165, 1.54) is 20.0 Å². The summed E-state index contributed by atoms with van der Waals surface area (Å²) in [7, 11) is 1.41. The number of esters is 1. The fraction of sp³-hybridized carbons (Fsp3) is 0.882. The molecule has 0 heterocycles. The zero-order valence-corrected chi connectivity index (χ0v) is 15.4. The Morgan fingerprint density at radius 2 is 1.70 bits per heavy atom. The monoisotopic (exact) mass is 330 g/mol. The largest absolute Gasteiger partial charge is 0.469 e. The minimum absolute atomic E-state index is 0.183. The Hall–Kier alpha value is -1.30. The van der Waals surface area contributed by atoms with Crippen LogP contribution in [0.15, 0.2) is 0 Å². The molecular formula is C17H34N2O4. The minimum Gasteiger partial charge on any atom is -0.469 e. The first-order valence-corrected chi connectivity index (χ1v) is 8.54. The van der Waals surface area contributed by atoms with E-state index in [1.54, 1.807) is 0 Å². The molecule has 136 valence electrons. The molecule has 23 heavy (non-hydrogen) atoms. The molecule has 0 saturated heterocycles. The van der Waals surface area contributed by atoms with Crippen LogP contribution >= 0.6 is 0 Å². The number of amides is 1. The van der Waals surface area contributed by atoms with Gasteiger partial charge in [-0.3, -0.25) is 4.79 Å². The van der Waals surface area contributed by atoms with Crippen molar-refractivity contribution in [1.29, 1.82) is 0 Å². The Balaban J connectivity index is 4.01. The van der Waals surface area contributed by atoms with Crippen molar-refractivity contribution >= 4 is 12.1 Å². The van der Waals surface area contributed by atoms with Gasteiger partial charge in [-0.1, -0.05) is 19.8 Å². The van der Waals surface area contributed by atoms with Gasteiger partial charge >= 0.3 is 12.1 Å². The molecule has 0 aliphatic heterocycles. The first-order valence-electron chi connectivity index (χ1n) is 8.54. The number of hydrogen-bond donors (Lipinski definition) is 1. The van der Waals surface area contributed by atoms with Gasteiger partial charge in [0.25, 0.3) is 0 Å². The second-order valence-corrected chi connectivity index (χ2v) is 6.66. The molecule has 0 aromatic carbocycles. The summed E-state index contributed by atoms with van der Waals surface area (Å²) in [5.41, 5.74) is -0.475. The summed E-state index contributed by atoms with van der Waals surface area (Å²) in [6.07, 6.45) is 4.33. The number of rotatable bonds is 11. The average molecular weight is 330 g/mol. The van der Waals surface area contributed by atoms with E-state index in [0.29, 0.717) is 19.5 Å². The highest BCUT2D eigenvalue weighted by atomic mass is 16.6. The SMILES string of the molecule is CCCCCN(CCCNC(=O)OC(C)(C)C)CCC(=O)OC. The number of ether oxygens (including phenoxy) is 2. The van der Waals surface area contributed by atoms with Gasteiger partial charge in [0.2, 0.25) is 0 Å². The highest BCUT2D eigenvalue weighted by molar-refractivity contribution is 5.69. The normalized spacial score (nSPS) is 11.4. The second-order valence-electron chi connectivity index (χ2n) is 6.66. The third kappa shape index (κ3) is 14.0. The van der Waals surface area contributed by atoms with Crippen LogP contribution in [0.4, 0.5) is 4.79 Å². The van der Waals surface area contributed by atoms with Crippen molar-refractivity contribution in [3.8, 4) is 0 Å². The molecular weight excluding hydrogens is 296 g/mol. The minimum atomic E-state index is -0.475. The van der Waals surface area contributed by atoms with E-state index in [0.717, 1.165) is 25.9 Å². The van der Waals surface area contributed by atoms with Gasteiger partial charge in [0.1, 0.15) is 5.60 Å². The fourth-order valence-corrected chi connectivity index (χ4v) is 2.08. The molecule has 0 aliphatic rings. The number of methoxy groups -OCH3 is 1. The maximum absolute atomic E-state index is 11.6. The summed E-state index contributed by atoms with van der Waals surface area (Å²) in [5, 5.41) is 2.76. The van der Waals surface area contributed by atoms with Gasteiger partial charge in [-0.25, -0.2) is 4.79 Å². The van der Waals surface area contributed by atoms with Gasteiger partial charge in [0.15, 0.2) is 0 Å². The highest BCUT2D eigenvalue weighted by Crippen LogP contribution is 2.06. The predicted molar refractivity (Wildman–Crippen MR) is 91.5 cm³/mol. The van der Waals surface area contributed by atoms with Crippen molar-refractivity contribution in [3.05, 3.63) is 0 Å². The molecule has 0 bridgehead atoms. The zero-order chi connectivity index (χ0) is 17.7. The lowest BCUT2D eigenvalue weighted by Gasteiger charge is -2.22. The van der Waals surface area contributed by atoms with E-state index in [-0.39, 0.29) is 12.1 Å². The van der Waals surface area contributed by atoms with E-state index < -0.39 is 5.60 Å². The third-order valence-corrected chi connectivity index (χ3v) is 3.26. The second kappa shape index (κ2) is 12.2. The standard InChI is InChI=1S/C17H34N2O4/c1-6-7-8-12-19(14-10-15(20)22-5)13-9-11-18-16(21)23-17(2,3)4/h6-14H2,1-5H3,(H,18,21). The summed E-state index contributed by atoms with van der Waals surface area (Å²) in [6, 6.07) is 0. The molecule has 1 amide bonds. The number of carbonyl (C=O) groups is 2. The molecule has 0 fully saturated rings. The van der Waals surface area contributed by atoms with Crippen molar-refractivity contribution in [3.63, 3.8) is 0 Å². The summed E-state index contributed by atoms with van der Waals surface area (Å²) < 4.78 is 9.88. The van der Waals surface area contributed by atoms with E-state index in [4.69, 9.17) is 9.47 Å². The smallest absolute Gasteiger partial charge is 0.407 e. The number of unbranched alkanes of at least 4 members (excludes halogenated alkanes) is 2. The number of hydrogen-bond acceptors (Lipinski definition) is 5. The highest BCUT2D eigenvalue weighted by Gasteiger charge is 2.15. The lowest BCUT2D eigenvalue weighted by molar-refractivity contribution is -0.141. The Labute approximate surface area is 140 Å². The Kier molecular flexibility index (Phi) is 11.5. The van der Waals surface area contributed by atoms with Crippen LogP contribution in [0, 0.1) is 0 Å². The maximum Gasteiger partial charge on any atom is 0.407 e. The molecule has 0 radical (unpaired) electrons. The number of nitrogens with zero attached hydrogens (tertiary/aromatic N) is 1. The number of carbonyl (C=O) groups excluding carboxylic acids is 2. The molecule has 6 nitrogen and oxygen atoms in total. The number of alkyl carbamates (subject to hydrolysis) is 1. The van der Waals surface area contributed by atoms with Crippen molar-refractivity contribution in [2.24, 2.45) is 0 Å². The van der Waals surface area contributed by atoms with Gasteiger partial charge in [0, 0.05) is 13.1 Å². The molecule has 0 unspecified atom stereocenters. The van der Waals surface area contributed by atoms with Crippen LogP contribution in [-0.4, -0.2) is 55.9 Å². The van der Waals surface area contributed by atoms with Crippen LogP contribution in [0.1, 0.15) is 59.8 Å². The van der Waals surface area contributed by atoms with Crippen molar-refractivity contribution in [2.75, 3.05) is 33.3 Å². The Bertz CT molecular complexity index is 340.